The SMILES string of the molecule is CC1(C)OCC(CC2(C(=O)O)CC3C=CC2C3)O1. The molecule has 1 N–H and O–H groups in total. The molecule has 3 rings (SSSR count). The molecule has 4 nitrogen and oxygen atoms in total. The Hall–Kier alpha value is -0.870. The van der Waals surface area contributed by atoms with Crippen LogP contribution in [0.15, 0.2) is 12.2 Å². The second-order valence-electron chi connectivity index (χ2n) is 6.31. The van der Waals surface area contributed by atoms with Crippen LogP contribution >= 0.6 is 0 Å². The van der Waals surface area contributed by atoms with E-state index in [-0.39, 0.29) is 12.0 Å². The molecule has 1 heterocycles. The third kappa shape index (κ3) is 1.79. The fraction of sp³-hybridized carbons (Fsp3) is 0.786. The maximum Gasteiger partial charge on any atom is 0.310 e. The minimum atomic E-state index is -0.673. The Morgan fingerprint density at radius 2 is 2.22 bits per heavy atom. The first-order chi connectivity index (χ1) is 8.41. The van der Waals surface area contributed by atoms with Gasteiger partial charge in [0, 0.05) is 0 Å². The van der Waals surface area contributed by atoms with E-state index in [1.807, 2.05) is 13.8 Å². The molecule has 1 aliphatic heterocycles. The van der Waals surface area contributed by atoms with Crippen LogP contribution in [-0.2, 0) is 14.3 Å². The van der Waals surface area contributed by atoms with Crippen molar-refractivity contribution in [2.24, 2.45) is 17.3 Å². The van der Waals surface area contributed by atoms with Gasteiger partial charge in [-0.1, -0.05) is 12.2 Å². The summed E-state index contributed by atoms with van der Waals surface area (Å²) in [6.07, 6.45) is 6.47. The summed E-state index contributed by atoms with van der Waals surface area (Å²) in [5.74, 6) is -0.626. The molecule has 0 spiro atoms. The van der Waals surface area contributed by atoms with Crippen LogP contribution in [0.3, 0.4) is 0 Å². The summed E-state index contributed by atoms with van der Waals surface area (Å²) in [4.78, 5) is 11.7. The van der Waals surface area contributed by atoms with Crippen molar-refractivity contribution in [1.29, 1.82) is 0 Å². The van der Waals surface area contributed by atoms with Crippen LogP contribution in [0.2, 0.25) is 0 Å². The van der Waals surface area contributed by atoms with Crippen LogP contribution in [0.25, 0.3) is 0 Å². The second kappa shape index (κ2) is 3.81. The van der Waals surface area contributed by atoms with E-state index < -0.39 is 17.2 Å². The van der Waals surface area contributed by atoms with Crippen molar-refractivity contribution in [3.8, 4) is 0 Å². The van der Waals surface area contributed by atoms with Crippen LogP contribution < -0.4 is 0 Å². The Balaban J connectivity index is 1.77. The number of fused-ring (bicyclic) bond motifs is 2. The van der Waals surface area contributed by atoms with Crippen LogP contribution in [0.4, 0.5) is 0 Å². The summed E-state index contributed by atoms with van der Waals surface area (Å²) in [6, 6.07) is 0. The van der Waals surface area contributed by atoms with Crippen molar-refractivity contribution in [3.05, 3.63) is 12.2 Å². The number of hydrogen-bond acceptors (Lipinski definition) is 3. The zero-order valence-corrected chi connectivity index (χ0v) is 10.9. The Kier molecular flexibility index (Phi) is 2.58. The number of rotatable bonds is 3. The highest BCUT2D eigenvalue weighted by atomic mass is 16.7. The Morgan fingerprint density at radius 1 is 1.44 bits per heavy atom. The minimum absolute atomic E-state index is 0.0937. The molecule has 2 bridgehead atoms. The van der Waals surface area contributed by atoms with Gasteiger partial charge in [0.1, 0.15) is 0 Å². The third-order valence-corrected chi connectivity index (χ3v) is 4.59. The van der Waals surface area contributed by atoms with E-state index in [9.17, 15) is 9.90 Å². The quantitative estimate of drug-likeness (QED) is 0.782. The van der Waals surface area contributed by atoms with E-state index in [0.29, 0.717) is 18.9 Å². The van der Waals surface area contributed by atoms with Crippen LogP contribution in [0, 0.1) is 17.3 Å². The highest BCUT2D eigenvalue weighted by Crippen LogP contribution is 2.55. The maximum atomic E-state index is 11.7. The van der Waals surface area contributed by atoms with Gasteiger partial charge in [0.05, 0.1) is 18.1 Å². The van der Waals surface area contributed by atoms with Gasteiger partial charge in [-0.2, -0.15) is 0 Å². The maximum absolute atomic E-state index is 11.7. The van der Waals surface area contributed by atoms with Gasteiger partial charge in [0.2, 0.25) is 0 Å². The smallest absolute Gasteiger partial charge is 0.310 e. The lowest BCUT2D eigenvalue weighted by atomic mass is 9.72. The van der Waals surface area contributed by atoms with Crippen molar-refractivity contribution < 1.29 is 19.4 Å². The Labute approximate surface area is 107 Å². The normalized spacial score (nSPS) is 44.7. The minimum Gasteiger partial charge on any atom is -0.481 e. The van der Waals surface area contributed by atoms with Gasteiger partial charge < -0.3 is 14.6 Å². The molecule has 2 fully saturated rings. The average Bonchev–Trinajstić information content (AvgIpc) is 2.93. The summed E-state index contributed by atoms with van der Waals surface area (Å²) >= 11 is 0. The van der Waals surface area contributed by atoms with E-state index in [4.69, 9.17) is 9.47 Å². The molecule has 0 aromatic heterocycles. The van der Waals surface area contributed by atoms with Gasteiger partial charge in [-0.15, -0.1) is 0 Å². The molecule has 0 radical (unpaired) electrons. The zero-order chi connectivity index (χ0) is 13.0. The van der Waals surface area contributed by atoms with Crippen LogP contribution in [0.5, 0.6) is 0 Å². The monoisotopic (exact) mass is 252 g/mol. The molecule has 0 aromatic rings. The van der Waals surface area contributed by atoms with Gasteiger partial charge in [0.15, 0.2) is 5.79 Å². The van der Waals surface area contributed by atoms with Crippen LogP contribution in [-0.4, -0.2) is 29.6 Å². The molecule has 0 aromatic carbocycles. The topological polar surface area (TPSA) is 55.8 Å². The molecule has 3 aliphatic rings. The average molecular weight is 252 g/mol. The highest BCUT2D eigenvalue weighted by Gasteiger charge is 2.55. The number of allylic oxidation sites excluding steroid dienone is 2. The molecule has 2 aliphatic carbocycles. The number of aliphatic carboxylic acids is 1. The first kappa shape index (κ1) is 12.2. The van der Waals surface area contributed by atoms with Crippen molar-refractivity contribution >= 4 is 5.97 Å². The number of ether oxygens (including phenoxy) is 2. The van der Waals surface area contributed by atoms with Crippen molar-refractivity contribution in [2.75, 3.05) is 6.61 Å². The predicted octanol–water partition coefficient (Wildman–Crippen LogP) is 2.20. The lowest BCUT2D eigenvalue weighted by molar-refractivity contribution is -0.159. The summed E-state index contributed by atoms with van der Waals surface area (Å²) < 4.78 is 11.3. The van der Waals surface area contributed by atoms with Gasteiger partial charge in [-0.3, -0.25) is 4.79 Å². The van der Waals surface area contributed by atoms with E-state index in [1.165, 1.54) is 0 Å². The lowest BCUT2D eigenvalue weighted by Gasteiger charge is -2.33. The highest BCUT2D eigenvalue weighted by molar-refractivity contribution is 5.76. The fourth-order valence-corrected chi connectivity index (χ4v) is 3.79. The number of carboxylic acid groups (broad SMARTS) is 1. The number of carbonyl (C=O) groups is 1. The lowest BCUT2D eigenvalue weighted by Crippen LogP contribution is -2.39. The molecular weight excluding hydrogens is 232 g/mol. The number of hydrogen-bond donors (Lipinski definition) is 1. The largest absolute Gasteiger partial charge is 0.481 e. The van der Waals surface area contributed by atoms with Crippen molar-refractivity contribution in [2.45, 2.75) is 45.0 Å². The van der Waals surface area contributed by atoms with Gasteiger partial charge in [-0.05, 0) is 44.9 Å². The van der Waals surface area contributed by atoms with E-state index >= 15 is 0 Å². The molecule has 4 unspecified atom stereocenters. The molecule has 0 amide bonds. The first-order valence-corrected chi connectivity index (χ1v) is 6.65. The summed E-state index contributed by atoms with van der Waals surface area (Å²) in [7, 11) is 0. The predicted molar refractivity (Wildman–Crippen MR) is 64.9 cm³/mol. The fourth-order valence-electron chi connectivity index (χ4n) is 3.79. The molecule has 18 heavy (non-hydrogen) atoms. The molecule has 1 saturated heterocycles. The van der Waals surface area contributed by atoms with E-state index in [1.54, 1.807) is 0 Å². The van der Waals surface area contributed by atoms with Crippen molar-refractivity contribution in [3.63, 3.8) is 0 Å². The van der Waals surface area contributed by atoms with E-state index in [0.717, 1.165) is 12.8 Å². The summed E-state index contributed by atoms with van der Waals surface area (Å²) in [5.41, 5.74) is -0.631. The molecule has 100 valence electrons. The summed E-state index contributed by atoms with van der Waals surface area (Å²) in [5, 5.41) is 9.65. The Morgan fingerprint density at radius 3 is 2.67 bits per heavy atom. The molecule has 4 atom stereocenters. The molecule has 1 saturated carbocycles. The Bertz CT molecular complexity index is 401. The van der Waals surface area contributed by atoms with E-state index in [2.05, 4.69) is 12.2 Å². The second-order valence-corrected chi connectivity index (χ2v) is 6.31. The van der Waals surface area contributed by atoms with Gasteiger partial charge >= 0.3 is 5.97 Å². The third-order valence-electron chi connectivity index (χ3n) is 4.59. The molecular formula is C14H20O4. The first-order valence-electron chi connectivity index (χ1n) is 6.65. The van der Waals surface area contributed by atoms with Crippen molar-refractivity contribution in [1.82, 2.24) is 0 Å². The van der Waals surface area contributed by atoms with Gasteiger partial charge in [0.25, 0.3) is 0 Å². The van der Waals surface area contributed by atoms with Crippen LogP contribution in [0.1, 0.15) is 33.1 Å². The summed E-state index contributed by atoms with van der Waals surface area (Å²) in [6.45, 7) is 4.26. The number of carboxylic acids is 1. The standard InChI is InChI=1S/C14H20O4/c1-13(2)17-8-11(18-13)7-14(12(15)16)6-9-3-4-10(14)5-9/h3-4,9-11H,5-8H2,1-2H3,(H,15,16). The zero-order valence-electron chi connectivity index (χ0n) is 10.9. The van der Waals surface area contributed by atoms with Gasteiger partial charge in [-0.25, -0.2) is 0 Å². The molecule has 4 heteroatoms.